The van der Waals surface area contributed by atoms with Gasteiger partial charge in [-0.05, 0) is 56.1 Å². The lowest BCUT2D eigenvalue weighted by Gasteiger charge is -2.26. The highest BCUT2D eigenvalue weighted by atomic mass is 16.5. The van der Waals surface area contributed by atoms with Crippen LogP contribution in [0.5, 0.6) is 5.75 Å². The number of fused-ring (bicyclic) bond motifs is 2. The van der Waals surface area contributed by atoms with Gasteiger partial charge in [0.05, 0.1) is 0 Å². The van der Waals surface area contributed by atoms with E-state index >= 15 is 0 Å². The Hall–Kier alpha value is -1.51. The van der Waals surface area contributed by atoms with Gasteiger partial charge >= 0.3 is 0 Å². The molecule has 0 aliphatic heterocycles. The molecule has 3 nitrogen and oxygen atoms in total. The van der Waals surface area contributed by atoms with E-state index in [2.05, 4.69) is 5.32 Å². The first-order valence-corrected chi connectivity index (χ1v) is 8.20. The molecule has 0 saturated heterocycles. The predicted octanol–water partition coefficient (Wildman–Crippen LogP) is 3.46. The normalized spacial score (nSPS) is 28.4. The van der Waals surface area contributed by atoms with Crippen molar-refractivity contribution in [2.75, 3.05) is 0 Å². The van der Waals surface area contributed by atoms with E-state index < -0.39 is 0 Å². The highest BCUT2D eigenvalue weighted by Crippen LogP contribution is 2.44. The van der Waals surface area contributed by atoms with Gasteiger partial charge in [0.15, 0.2) is 6.10 Å². The van der Waals surface area contributed by atoms with Crippen LogP contribution in [0.3, 0.4) is 0 Å². The molecule has 0 heterocycles. The zero-order valence-electron chi connectivity index (χ0n) is 13.0. The second-order valence-corrected chi connectivity index (χ2v) is 6.57. The SMILES string of the molecule is CC[C@@H](Oc1ccccc1C)C(=O)N[C@@H]1C[C@@H]2CC[C@@H]1C2. The topological polar surface area (TPSA) is 38.3 Å². The number of hydrogen-bond acceptors (Lipinski definition) is 2. The summed E-state index contributed by atoms with van der Waals surface area (Å²) in [6.45, 7) is 4.01. The summed E-state index contributed by atoms with van der Waals surface area (Å²) in [5.74, 6) is 2.42. The fourth-order valence-corrected chi connectivity index (χ4v) is 3.86. The maximum atomic E-state index is 12.5. The molecule has 114 valence electrons. The van der Waals surface area contributed by atoms with Crippen LogP contribution in [0.2, 0.25) is 0 Å². The van der Waals surface area contributed by atoms with Crippen LogP contribution in [-0.4, -0.2) is 18.1 Å². The molecule has 2 bridgehead atoms. The smallest absolute Gasteiger partial charge is 0.261 e. The minimum absolute atomic E-state index is 0.0540. The molecule has 1 N–H and O–H groups in total. The summed E-state index contributed by atoms with van der Waals surface area (Å²) < 4.78 is 5.93. The molecular formula is C18H25NO2. The molecule has 3 rings (SSSR count). The van der Waals surface area contributed by atoms with E-state index in [1.54, 1.807) is 0 Å². The highest BCUT2D eigenvalue weighted by Gasteiger charge is 2.40. The Morgan fingerprint density at radius 3 is 2.76 bits per heavy atom. The molecular weight excluding hydrogens is 262 g/mol. The van der Waals surface area contributed by atoms with Crippen molar-refractivity contribution >= 4 is 5.91 Å². The van der Waals surface area contributed by atoms with Gasteiger partial charge in [0.1, 0.15) is 5.75 Å². The van der Waals surface area contributed by atoms with E-state index in [1.165, 1.54) is 19.3 Å². The van der Waals surface area contributed by atoms with Crippen LogP contribution >= 0.6 is 0 Å². The zero-order chi connectivity index (χ0) is 14.8. The molecule has 2 aliphatic rings. The van der Waals surface area contributed by atoms with Crippen molar-refractivity contribution in [1.82, 2.24) is 5.32 Å². The number of nitrogens with one attached hydrogen (secondary N) is 1. The Kier molecular flexibility index (Phi) is 4.18. The van der Waals surface area contributed by atoms with Gasteiger partial charge in [0.2, 0.25) is 0 Å². The molecule has 2 aliphatic carbocycles. The summed E-state index contributed by atoms with van der Waals surface area (Å²) in [6, 6.07) is 8.26. The van der Waals surface area contributed by atoms with Crippen molar-refractivity contribution in [3.8, 4) is 5.75 Å². The number of ether oxygens (including phenoxy) is 1. The molecule has 1 amide bonds. The molecule has 2 fully saturated rings. The first-order valence-electron chi connectivity index (χ1n) is 8.20. The van der Waals surface area contributed by atoms with Gasteiger partial charge in [0.25, 0.3) is 5.91 Å². The summed E-state index contributed by atoms with van der Waals surface area (Å²) in [4.78, 5) is 12.5. The molecule has 0 radical (unpaired) electrons. The summed E-state index contributed by atoms with van der Waals surface area (Å²) in [7, 11) is 0. The van der Waals surface area contributed by atoms with Crippen molar-refractivity contribution in [1.29, 1.82) is 0 Å². The van der Waals surface area contributed by atoms with Crippen molar-refractivity contribution in [3.05, 3.63) is 29.8 Å². The number of hydrogen-bond donors (Lipinski definition) is 1. The molecule has 21 heavy (non-hydrogen) atoms. The van der Waals surface area contributed by atoms with Gasteiger partial charge < -0.3 is 10.1 Å². The van der Waals surface area contributed by atoms with Gasteiger partial charge in [-0.2, -0.15) is 0 Å². The standard InChI is InChI=1S/C18H25NO2/c1-3-16(21-17-7-5-4-6-12(17)2)18(20)19-15-11-13-8-9-14(15)10-13/h4-7,13-16H,3,8-11H2,1-2H3,(H,19,20)/t13-,14-,15-,16-/m1/s1. The summed E-state index contributed by atoms with van der Waals surface area (Å²) in [5, 5.41) is 3.24. The molecule has 3 heteroatoms. The second-order valence-electron chi connectivity index (χ2n) is 6.57. The minimum Gasteiger partial charge on any atom is -0.480 e. The molecule has 1 aromatic carbocycles. The fourth-order valence-electron chi connectivity index (χ4n) is 3.86. The third kappa shape index (κ3) is 3.07. The predicted molar refractivity (Wildman–Crippen MR) is 83.3 cm³/mol. The average molecular weight is 287 g/mol. The van der Waals surface area contributed by atoms with Gasteiger partial charge in [-0.3, -0.25) is 4.79 Å². The van der Waals surface area contributed by atoms with Crippen LogP contribution < -0.4 is 10.1 Å². The second kappa shape index (κ2) is 6.08. The fraction of sp³-hybridized carbons (Fsp3) is 0.611. The van der Waals surface area contributed by atoms with Crippen LogP contribution in [0.1, 0.15) is 44.6 Å². The largest absolute Gasteiger partial charge is 0.480 e. The molecule has 0 aromatic heterocycles. The van der Waals surface area contributed by atoms with E-state index in [1.807, 2.05) is 38.1 Å². The number of benzene rings is 1. The molecule has 1 aromatic rings. The van der Waals surface area contributed by atoms with Crippen LogP contribution in [0.25, 0.3) is 0 Å². The Labute approximate surface area is 127 Å². The average Bonchev–Trinajstić information content (AvgIpc) is 3.09. The minimum atomic E-state index is -0.384. The number of aryl methyl sites for hydroxylation is 1. The van der Waals surface area contributed by atoms with Crippen molar-refractivity contribution in [3.63, 3.8) is 0 Å². The van der Waals surface area contributed by atoms with Crippen LogP contribution in [-0.2, 0) is 4.79 Å². The maximum absolute atomic E-state index is 12.5. The number of carbonyl (C=O) groups excluding carboxylic acids is 1. The van der Waals surface area contributed by atoms with Crippen molar-refractivity contribution < 1.29 is 9.53 Å². The molecule has 0 unspecified atom stereocenters. The third-order valence-corrected chi connectivity index (χ3v) is 5.09. The van der Waals surface area contributed by atoms with E-state index in [0.717, 1.165) is 23.7 Å². The lowest BCUT2D eigenvalue weighted by atomic mass is 9.95. The zero-order valence-corrected chi connectivity index (χ0v) is 13.0. The third-order valence-electron chi connectivity index (χ3n) is 5.09. The summed E-state index contributed by atoms with van der Waals surface area (Å²) in [5.41, 5.74) is 1.07. The van der Waals surface area contributed by atoms with Gasteiger partial charge in [-0.15, -0.1) is 0 Å². The number of rotatable bonds is 5. The first-order chi connectivity index (χ1) is 10.2. The van der Waals surface area contributed by atoms with Crippen LogP contribution in [0.4, 0.5) is 0 Å². The van der Waals surface area contributed by atoms with E-state index in [0.29, 0.717) is 18.4 Å². The first kappa shape index (κ1) is 14.4. The lowest BCUT2D eigenvalue weighted by Crippen LogP contribution is -2.45. The molecule has 4 atom stereocenters. The quantitative estimate of drug-likeness (QED) is 0.900. The van der Waals surface area contributed by atoms with Crippen LogP contribution in [0, 0.1) is 18.8 Å². The molecule has 0 spiro atoms. The highest BCUT2D eigenvalue weighted by molar-refractivity contribution is 5.81. The van der Waals surface area contributed by atoms with Crippen molar-refractivity contribution in [2.45, 2.75) is 58.1 Å². The monoisotopic (exact) mass is 287 g/mol. The maximum Gasteiger partial charge on any atom is 0.261 e. The van der Waals surface area contributed by atoms with Crippen molar-refractivity contribution in [2.24, 2.45) is 11.8 Å². The Bertz CT molecular complexity index is 514. The van der Waals surface area contributed by atoms with E-state index in [9.17, 15) is 4.79 Å². The van der Waals surface area contributed by atoms with E-state index in [4.69, 9.17) is 4.74 Å². The van der Waals surface area contributed by atoms with Gasteiger partial charge in [-0.1, -0.05) is 31.5 Å². The van der Waals surface area contributed by atoms with E-state index in [-0.39, 0.29) is 12.0 Å². The van der Waals surface area contributed by atoms with Gasteiger partial charge in [-0.25, -0.2) is 0 Å². The van der Waals surface area contributed by atoms with Gasteiger partial charge in [0, 0.05) is 6.04 Å². The Morgan fingerprint density at radius 1 is 1.33 bits per heavy atom. The number of amides is 1. The summed E-state index contributed by atoms with van der Waals surface area (Å²) in [6.07, 6.45) is 5.42. The Morgan fingerprint density at radius 2 is 2.14 bits per heavy atom. The lowest BCUT2D eigenvalue weighted by molar-refractivity contribution is -0.129. The Balaban J connectivity index is 1.60. The van der Waals surface area contributed by atoms with Crippen LogP contribution in [0.15, 0.2) is 24.3 Å². The molecule has 2 saturated carbocycles. The number of carbonyl (C=O) groups is 1. The summed E-state index contributed by atoms with van der Waals surface area (Å²) >= 11 is 0. The number of para-hydroxylation sites is 1.